The van der Waals surface area contributed by atoms with Gasteiger partial charge >= 0.3 is 0 Å². The summed E-state index contributed by atoms with van der Waals surface area (Å²) in [5.41, 5.74) is 3.06. The van der Waals surface area contributed by atoms with Gasteiger partial charge in [-0.2, -0.15) is 4.31 Å². The van der Waals surface area contributed by atoms with E-state index in [0.717, 1.165) is 21.7 Å². The van der Waals surface area contributed by atoms with Crippen molar-refractivity contribution in [1.29, 1.82) is 0 Å². The minimum atomic E-state index is -3.78. The Morgan fingerprint density at radius 2 is 1.39 bits per heavy atom. The molecule has 0 bridgehead atoms. The fourth-order valence-corrected chi connectivity index (χ4v) is 6.18. The van der Waals surface area contributed by atoms with Gasteiger partial charge in [0.05, 0.1) is 28.7 Å². The van der Waals surface area contributed by atoms with Gasteiger partial charge in [-0.25, -0.2) is 13.4 Å². The summed E-state index contributed by atoms with van der Waals surface area (Å²) in [5.74, 6) is -0.377. The first kappa shape index (κ1) is 27.6. The van der Waals surface area contributed by atoms with Crippen molar-refractivity contribution in [2.24, 2.45) is 0 Å². The number of thiazole rings is 1. The number of amides is 1. The molecule has 0 fully saturated rings. The van der Waals surface area contributed by atoms with Gasteiger partial charge in [-0.1, -0.05) is 72.0 Å². The van der Waals surface area contributed by atoms with Crippen LogP contribution in [-0.4, -0.2) is 64.1 Å². The van der Waals surface area contributed by atoms with Gasteiger partial charge < -0.3 is 9.47 Å². The highest BCUT2D eigenvalue weighted by atomic mass is 32.2. The van der Waals surface area contributed by atoms with E-state index in [1.54, 1.807) is 0 Å². The fraction of sp³-hybridized carbons (Fsp3) is 0.214. The number of methoxy groups -OCH3 is 2. The number of nitrogens with one attached hydrogen (secondary N) is 1. The average Bonchev–Trinajstić information content (AvgIpc) is 3.37. The maximum absolute atomic E-state index is 13.1. The number of hydrogen-bond acceptors (Lipinski definition) is 7. The number of carbonyl (C=O) groups excluding carboxylic acids is 1. The summed E-state index contributed by atoms with van der Waals surface area (Å²) in [6, 6.07) is 25.6. The Morgan fingerprint density at radius 1 is 0.842 bits per heavy atom. The molecule has 1 heterocycles. The maximum atomic E-state index is 13.1. The van der Waals surface area contributed by atoms with Crippen LogP contribution in [0.5, 0.6) is 0 Å². The Labute approximate surface area is 226 Å². The lowest BCUT2D eigenvalue weighted by Gasteiger charge is -2.21. The minimum Gasteiger partial charge on any atom is -0.383 e. The van der Waals surface area contributed by atoms with E-state index in [1.165, 1.54) is 54.1 Å². The van der Waals surface area contributed by atoms with Crippen LogP contribution in [0.4, 0.5) is 5.13 Å². The molecular formula is C28H29N3O5S2. The predicted molar refractivity (Wildman–Crippen MR) is 150 cm³/mol. The molecule has 0 radical (unpaired) electrons. The summed E-state index contributed by atoms with van der Waals surface area (Å²) >= 11 is 1.39. The van der Waals surface area contributed by atoms with Crippen molar-refractivity contribution >= 4 is 32.4 Å². The number of hydrogen-bond donors (Lipinski definition) is 1. The summed E-state index contributed by atoms with van der Waals surface area (Å²) < 4.78 is 37.7. The lowest BCUT2D eigenvalue weighted by Crippen LogP contribution is -2.36. The zero-order valence-corrected chi connectivity index (χ0v) is 22.8. The molecule has 1 aromatic heterocycles. The third-order valence-corrected chi connectivity index (χ3v) is 8.71. The second kappa shape index (κ2) is 12.9. The molecule has 198 valence electrons. The number of aromatic nitrogens is 1. The Kier molecular flexibility index (Phi) is 9.38. The van der Waals surface area contributed by atoms with Crippen molar-refractivity contribution < 1.29 is 22.7 Å². The first-order valence-electron chi connectivity index (χ1n) is 11.9. The second-order valence-electron chi connectivity index (χ2n) is 8.30. The molecule has 1 N–H and O–H groups in total. The number of rotatable bonds is 12. The van der Waals surface area contributed by atoms with Gasteiger partial charge in [0.15, 0.2) is 5.13 Å². The molecule has 0 saturated carbocycles. The Morgan fingerprint density at radius 3 is 1.95 bits per heavy atom. The fourth-order valence-electron chi connectivity index (χ4n) is 3.79. The first-order chi connectivity index (χ1) is 18.4. The molecule has 8 nitrogen and oxygen atoms in total. The maximum Gasteiger partial charge on any atom is 0.257 e. The van der Waals surface area contributed by atoms with Crippen LogP contribution < -0.4 is 5.32 Å². The van der Waals surface area contributed by atoms with Crippen LogP contribution >= 0.6 is 11.3 Å². The van der Waals surface area contributed by atoms with Gasteiger partial charge in [-0.3, -0.25) is 10.1 Å². The van der Waals surface area contributed by atoms with Crippen LogP contribution in [0.2, 0.25) is 0 Å². The molecule has 38 heavy (non-hydrogen) atoms. The molecule has 0 saturated heterocycles. The molecule has 0 atom stereocenters. The number of benzene rings is 3. The van der Waals surface area contributed by atoms with Crippen LogP contribution in [0.1, 0.15) is 10.4 Å². The summed E-state index contributed by atoms with van der Waals surface area (Å²) in [4.78, 5) is 18.8. The predicted octanol–water partition coefficient (Wildman–Crippen LogP) is 5.01. The number of sulfonamides is 1. The largest absolute Gasteiger partial charge is 0.383 e. The highest BCUT2D eigenvalue weighted by molar-refractivity contribution is 7.89. The summed E-state index contributed by atoms with van der Waals surface area (Å²) in [7, 11) is -0.746. The van der Waals surface area contributed by atoms with Gasteiger partial charge in [0.25, 0.3) is 5.91 Å². The van der Waals surface area contributed by atoms with Gasteiger partial charge in [-0.05, 0) is 29.8 Å². The van der Waals surface area contributed by atoms with E-state index in [2.05, 4.69) is 5.32 Å². The van der Waals surface area contributed by atoms with Crippen molar-refractivity contribution in [1.82, 2.24) is 9.29 Å². The molecule has 0 aliphatic rings. The van der Waals surface area contributed by atoms with Crippen LogP contribution in [-0.2, 0) is 19.5 Å². The molecule has 3 aromatic carbocycles. The second-order valence-corrected chi connectivity index (χ2v) is 11.2. The standard InChI is InChI=1S/C28H29N3O5S2/c1-35-19-17-31(18-20-36-2)38(33,34)24-15-13-23(14-16-24)27(32)30-28-29-25(21-9-5-3-6-10-21)26(37-28)22-11-7-4-8-12-22/h3-16H,17-20H2,1-2H3,(H,29,30,32). The van der Waals surface area contributed by atoms with Crippen molar-refractivity contribution in [2.75, 3.05) is 45.8 Å². The molecule has 1 amide bonds. The van der Waals surface area contributed by atoms with Gasteiger partial charge in [0.2, 0.25) is 10.0 Å². The van der Waals surface area contributed by atoms with Gasteiger partial charge in [0, 0.05) is 38.4 Å². The van der Waals surface area contributed by atoms with Crippen LogP contribution in [0.3, 0.4) is 0 Å². The van der Waals surface area contributed by atoms with E-state index in [-0.39, 0.29) is 37.1 Å². The zero-order chi connectivity index (χ0) is 27.0. The normalized spacial score (nSPS) is 11.6. The van der Waals surface area contributed by atoms with Crippen molar-refractivity contribution in [2.45, 2.75) is 4.90 Å². The smallest absolute Gasteiger partial charge is 0.257 e. The lowest BCUT2D eigenvalue weighted by atomic mass is 10.1. The summed E-state index contributed by atoms with van der Waals surface area (Å²) in [6.07, 6.45) is 0. The molecule has 10 heteroatoms. The van der Waals surface area contributed by atoms with Crippen molar-refractivity contribution in [3.63, 3.8) is 0 Å². The molecule has 0 spiro atoms. The molecule has 0 aliphatic heterocycles. The molecule has 0 unspecified atom stereocenters. The molecule has 4 rings (SSSR count). The third kappa shape index (κ3) is 6.53. The minimum absolute atomic E-state index is 0.0910. The SMILES string of the molecule is COCCN(CCOC)S(=O)(=O)c1ccc(C(=O)Nc2nc(-c3ccccc3)c(-c3ccccc3)s2)cc1. The van der Waals surface area contributed by atoms with E-state index < -0.39 is 10.0 Å². The van der Waals surface area contributed by atoms with E-state index in [0.29, 0.717) is 10.7 Å². The highest BCUT2D eigenvalue weighted by Gasteiger charge is 2.24. The summed E-state index contributed by atoms with van der Waals surface area (Å²) in [6.45, 7) is 0.907. The monoisotopic (exact) mass is 551 g/mol. The molecule has 0 aliphatic carbocycles. The number of ether oxygens (including phenoxy) is 2. The average molecular weight is 552 g/mol. The number of anilines is 1. The van der Waals surface area contributed by atoms with Crippen LogP contribution in [0.15, 0.2) is 89.8 Å². The Balaban J connectivity index is 1.56. The zero-order valence-electron chi connectivity index (χ0n) is 21.2. The molecule has 4 aromatic rings. The lowest BCUT2D eigenvalue weighted by molar-refractivity contribution is 0.102. The van der Waals surface area contributed by atoms with E-state index in [1.807, 2.05) is 60.7 Å². The van der Waals surface area contributed by atoms with Crippen LogP contribution in [0.25, 0.3) is 21.7 Å². The number of nitrogens with zero attached hydrogens (tertiary/aromatic N) is 2. The topological polar surface area (TPSA) is 97.8 Å². The van der Waals surface area contributed by atoms with Crippen molar-refractivity contribution in [3.8, 4) is 21.7 Å². The highest BCUT2D eigenvalue weighted by Crippen LogP contribution is 2.39. The van der Waals surface area contributed by atoms with E-state index in [4.69, 9.17) is 14.5 Å². The van der Waals surface area contributed by atoms with Crippen molar-refractivity contribution in [3.05, 3.63) is 90.5 Å². The Hall–Kier alpha value is -3.41. The number of carbonyl (C=O) groups is 1. The summed E-state index contributed by atoms with van der Waals surface area (Å²) in [5, 5.41) is 3.32. The first-order valence-corrected chi connectivity index (χ1v) is 14.2. The van der Waals surface area contributed by atoms with Crippen LogP contribution in [0, 0.1) is 0 Å². The van der Waals surface area contributed by atoms with Gasteiger partial charge in [-0.15, -0.1) is 0 Å². The Bertz CT molecular complexity index is 1380. The third-order valence-electron chi connectivity index (χ3n) is 5.77. The van der Waals surface area contributed by atoms with Gasteiger partial charge in [0.1, 0.15) is 0 Å². The van der Waals surface area contributed by atoms with E-state index in [9.17, 15) is 13.2 Å². The molecular weight excluding hydrogens is 522 g/mol. The van der Waals surface area contributed by atoms with E-state index >= 15 is 0 Å². The quantitative estimate of drug-likeness (QED) is 0.266.